The van der Waals surface area contributed by atoms with E-state index in [0.717, 1.165) is 5.56 Å². The number of nitro benzene ring substituents is 1. The maximum absolute atomic E-state index is 12.0. The topological polar surface area (TPSA) is 79.6 Å². The smallest absolute Gasteiger partial charge is 0.356 e. The van der Waals surface area contributed by atoms with Crippen molar-refractivity contribution in [1.82, 2.24) is 10.6 Å². The summed E-state index contributed by atoms with van der Waals surface area (Å²) in [6.07, 6.45) is -5.17. The average Bonchev–Trinajstić information content (AvgIpc) is 2.41. The molecule has 10 heteroatoms. The van der Waals surface area contributed by atoms with Crippen LogP contribution < -0.4 is 10.6 Å². The number of non-ortho nitro benzene ring substituents is 1. The lowest BCUT2D eigenvalue weighted by Gasteiger charge is -2.12. The van der Waals surface area contributed by atoms with Crippen LogP contribution in [-0.4, -0.2) is 30.7 Å². The highest BCUT2D eigenvalue weighted by Gasteiger charge is 2.26. The first-order chi connectivity index (χ1) is 9.81. The molecule has 0 aliphatic rings. The standard InChI is InChI=1S/C12H15F3N4O2.HI/c1-16-11(17-7-6-12(13,14)15)18-8-9-2-4-10(5-3-9)19(20)21;/h2-5H,6-8H2,1H3,(H2,16,17,18);1H. The SMILES string of the molecule is CN=C(NCCC(F)(F)F)NCc1ccc([N+](=O)[O-])cc1.I. The van der Waals surface area contributed by atoms with Gasteiger partial charge < -0.3 is 10.6 Å². The predicted molar refractivity (Wildman–Crippen MR) is 87.4 cm³/mol. The van der Waals surface area contributed by atoms with E-state index in [-0.39, 0.29) is 42.2 Å². The summed E-state index contributed by atoms with van der Waals surface area (Å²) in [6.45, 7) is 0.0210. The van der Waals surface area contributed by atoms with Gasteiger partial charge in [0.15, 0.2) is 5.96 Å². The van der Waals surface area contributed by atoms with Gasteiger partial charge in [0.2, 0.25) is 0 Å². The monoisotopic (exact) mass is 432 g/mol. The molecule has 0 saturated heterocycles. The zero-order valence-corrected chi connectivity index (χ0v) is 14.0. The van der Waals surface area contributed by atoms with Crippen LogP contribution in [0.4, 0.5) is 18.9 Å². The Morgan fingerprint density at radius 3 is 2.32 bits per heavy atom. The maximum Gasteiger partial charge on any atom is 0.390 e. The number of hydrogen-bond donors (Lipinski definition) is 2. The Bertz CT molecular complexity index is 506. The molecule has 0 fully saturated rings. The van der Waals surface area contributed by atoms with Crippen molar-refractivity contribution in [3.63, 3.8) is 0 Å². The van der Waals surface area contributed by atoms with E-state index in [1.165, 1.54) is 19.2 Å². The lowest BCUT2D eigenvalue weighted by molar-refractivity contribution is -0.384. The van der Waals surface area contributed by atoms with Gasteiger partial charge in [-0.3, -0.25) is 15.1 Å². The van der Waals surface area contributed by atoms with Gasteiger partial charge in [-0.25, -0.2) is 0 Å². The van der Waals surface area contributed by atoms with Gasteiger partial charge in [0, 0.05) is 32.3 Å². The molecule has 0 bridgehead atoms. The third-order valence-electron chi connectivity index (χ3n) is 2.53. The summed E-state index contributed by atoms with van der Waals surface area (Å²) in [5, 5.41) is 15.9. The van der Waals surface area contributed by atoms with Gasteiger partial charge in [-0.2, -0.15) is 13.2 Å². The molecule has 2 N–H and O–H groups in total. The number of aliphatic imine (C=N–C) groups is 1. The lowest BCUT2D eigenvalue weighted by Crippen LogP contribution is -2.38. The van der Waals surface area contributed by atoms with Crippen molar-refractivity contribution in [1.29, 1.82) is 0 Å². The zero-order valence-electron chi connectivity index (χ0n) is 11.7. The van der Waals surface area contributed by atoms with Gasteiger partial charge in [0.1, 0.15) is 0 Å². The van der Waals surface area contributed by atoms with Gasteiger partial charge in [0.25, 0.3) is 5.69 Å². The number of benzene rings is 1. The summed E-state index contributed by atoms with van der Waals surface area (Å²) in [5.41, 5.74) is 0.728. The Hall–Kier alpha value is -1.59. The second-order valence-electron chi connectivity index (χ2n) is 4.14. The normalized spacial score (nSPS) is 11.5. The van der Waals surface area contributed by atoms with Gasteiger partial charge in [-0.15, -0.1) is 24.0 Å². The molecule has 1 rings (SSSR count). The molecular formula is C12H16F3IN4O2. The van der Waals surface area contributed by atoms with E-state index in [1.807, 2.05) is 0 Å². The molecule has 0 radical (unpaired) electrons. The predicted octanol–water partition coefficient (Wildman–Crippen LogP) is 2.83. The molecule has 0 aliphatic carbocycles. The van der Waals surface area contributed by atoms with E-state index >= 15 is 0 Å². The van der Waals surface area contributed by atoms with Gasteiger partial charge >= 0.3 is 6.18 Å². The van der Waals surface area contributed by atoms with E-state index in [2.05, 4.69) is 15.6 Å². The fraction of sp³-hybridized carbons (Fsp3) is 0.417. The molecular weight excluding hydrogens is 416 g/mol. The van der Waals surface area contributed by atoms with Gasteiger partial charge in [-0.1, -0.05) is 12.1 Å². The molecule has 0 saturated carbocycles. The summed E-state index contributed by atoms with van der Waals surface area (Å²) in [5.74, 6) is 0.234. The van der Waals surface area contributed by atoms with Crippen LogP contribution in [0.2, 0.25) is 0 Å². The fourth-order valence-corrected chi connectivity index (χ4v) is 1.46. The van der Waals surface area contributed by atoms with Crippen LogP contribution in [0.1, 0.15) is 12.0 Å². The molecule has 6 nitrogen and oxygen atoms in total. The molecule has 1 aromatic carbocycles. The minimum atomic E-state index is -4.22. The highest BCUT2D eigenvalue weighted by atomic mass is 127. The van der Waals surface area contributed by atoms with Crippen molar-refractivity contribution in [2.45, 2.75) is 19.1 Å². The summed E-state index contributed by atoms with van der Waals surface area (Å²) < 4.78 is 36.0. The number of guanidine groups is 1. The van der Waals surface area contributed by atoms with Crippen LogP contribution in [-0.2, 0) is 6.54 Å². The minimum absolute atomic E-state index is 0. The molecule has 0 amide bonds. The van der Waals surface area contributed by atoms with Crippen molar-refractivity contribution in [2.75, 3.05) is 13.6 Å². The third-order valence-corrected chi connectivity index (χ3v) is 2.53. The molecule has 0 spiro atoms. The number of hydrogen-bond acceptors (Lipinski definition) is 3. The van der Waals surface area contributed by atoms with E-state index in [0.29, 0.717) is 6.54 Å². The molecule has 124 valence electrons. The van der Waals surface area contributed by atoms with E-state index in [1.54, 1.807) is 12.1 Å². The molecule has 0 aliphatic heterocycles. The number of nitrogens with one attached hydrogen (secondary N) is 2. The Labute approximate surface area is 142 Å². The molecule has 0 heterocycles. The summed E-state index contributed by atoms with van der Waals surface area (Å²) >= 11 is 0. The van der Waals surface area contributed by atoms with E-state index < -0.39 is 17.5 Å². The number of nitrogens with zero attached hydrogens (tertiary/aromatic N) is 2. The van der Waals surface area contributed by atoms with Crippen LogP contribution >= 0.6 is 24.0 Å². The van der Waals surface area contributed by atoms with Crippen molar-refractivity contribution in [2.24, 2.45) is 4.99 Å². The number of halogens is 4. The summed E-state index contributed by atoms with van der Waals surface area (Å²) in [7, 11) is 1.44. The third kappa shape index (κ3) is 8.00. The molecule has 1 aromatic rings. The Morgan fingerprint density at radius 1 is 1.27 bits per heavy atom. The van der Waals surface area contributed by atoms with Crippen LogP contribution in [0, 0.1) is 10.1 Å². The maximum atomic E-state index is 12.0. The van der Waals surface area contributed by atoms with Crippen LogP contribution in [0.5, 0.6) is 0 Å². The Morgan fingerprint density at radius 2 is 1.86 bits per heavy atom. The van der Waals surface area contributed by atoms with Gasteiger partial charge in [0.05, 0.1) is 11.3 Å². The highest BCUT2D eigenvalue weighted by Crippen LogP contribution is 2.18. The second kappa shape index (κ2) is 9.43. The quantitative estimate of drug-likeness (QED) is 0.247. The number of nitro groups is 1. The summed E-state index contributed by atoms with van der Waals surface area (Å²) in [4.78, 5) is 13.8. The molecule has 0 atom stereocenters. The van der Waals surface area contributed by atoms with E-state index in [4.69, 9.17) is 0 Å². The minimum Gasteiger partial charge on any atom is -0.356 e. The molecule has 22 heavy (non-hydrogen) atoms. The number of alkyl halides is 3. The largest absolute Gasteiger partial charge is 0.390 e. The number of rotatable bonds is 5. The van der Waals surface area contributed by atoms with Crippen molar-refractivity contribution in [3.05, 3.63) is 39.9 Å². The zero-order chi connectivity index (χ0) is 15.9. The van der Waals surface area contributed by atoms with Gasteiger partial charge in [-0.05, 0) is 5.56 Å². The van der Waals surface area contributed by atoms with E-state index in [9.17, 15) is 23.3 Å². The Kier molecular flexibility index (Phi) is 8.75. The Balaban J connectivity index is 0.00000441. The van der Waals surface area contributed by atoms with Crippen LogP contribution in [0.3, 0.4) is 0 Å². The average molecular weight is 432 g/mol. The fourth-order valence-electron chi connectivity index (χ4n) is 1.46. The van der Waals surface area contributed by atoms with Crippen molar-refractivity contribution < 1.29 is 18.1 Å². The first-order valence-corrected chi connectivity index (χ1v) is 6.06. The second-order valence-corrected chi connectivity index (χ2v) is 4.14. The van der Waals surface area contributed by atoms with Crippen LogP contribution in [0.15, 0.2) is 29.3 Å². The van der Waals surface area contributed by atoms with Crippen LogP contribution in [0.25, 0.3) is 0 Å². The lowest BCUT2D eigenvalue weighted by atomic mass is 10.2. The highest BCUT2D eigenvalue weighted by molar-refractivity contribution is 14.0. The first kappa shape index (κ1) is 20.4. The molecule has 0 aromatic heterocycles. The van der Waals surface area contributed by atoms with Crippen molar-refractivity contribution in [3.8, 4) is 0 Å². The first-order valence-electron chi connectivity index (χ1n) is 6.06. The molecule has 0 unspecified atom stereocenters. The summed E-state index contributed by atoms with van der Waals surface area (Å²) in [6, 6.07) is 5.84. The van der Waals surface area contributed by atoms with Crippen molar-refractivity contribution >= 4 is 35.6 Å².